The maximum absolute atomic E-state index is 12.1. The van der Waals surface area contributed by atoms with Crippen molar-refractivity contribution in [3.63, 3.8) is 0 Å². The molecule has 0 spiro atoms. The van der Waals surface area contributed by atoms with Crippen molar-refractivity contribution in [2.45, 2.75) is 70.3 Å². The molecule has 4 unspecified atom stereocenters. The summed E-state index contributed by atoms with van der Waals surface area (Å²) < 4.78 is 0. The van der Waals surface area contributed by atoms with Crippen LogP contribution in [0.5, 0.6) is 0 Å². The van der Waals surface area contributed by atoms with Crippen molar-refractivity contribution >= 4 is 11.5 Å². The SMILES string of the molecule is CC#CC1(O)CCC2[C@@H]3CCC4=CC(=O)CCC4=C3C(c3ccc(NC)cc3)CC21C. The molecule has 5 atom stereocenters. The fourth-order valence-electron chi connectivity index (χ4n) is 7.26. The first-order valence-electron chi connectivity index (χ1n) is 11.8. The second kappa shape index (κ2) is 7.38. The van der Waals surface area contributed by atoms with E-state index in [0.29, 0.717) is 18.3 Å². The molecule has 4 aliphatic carbocycles. The Balaban J connectivity index is 1.68. The van der Waals surface area contributed by atoms with Gasteiger partial charge in [-0.1, -0.05) is 30.6 Å². The van der Waals surface area contributed by atoms with Crippen molar-refractivity contribution < 1.29 is 9.90 Å². The Kier molecular flexibility index (Phi) is 4.90. The molecule has 1 aromatic carbocycles. The second-order valence-corrected chi connectivity index (χ2v) is 10.1. The molecule has 0 heterocycles. The zero-order valence-electron chi connectivity index (χ0n) is 18.9. The Morgan fingerprint density at radius 2 is 1.90 bits per heavy atom. The van der Waals surface area contributed by atoms with Crippen LogP contribution in [0.2, 0.25) is 0 Å². The van der Waals surface area contributed by atoms with Crippen LogP contribution in [-0.4, -0.2) is 23.5 Å². The first-order chi connectivity index (χ1) is 14.9. The molecule has 0 saturated heterocycles. The molecule has 0 amide bonds. The van der Waals surface area contributed by atoms with Crippen LogP contribution >= 0.6 is 0 Å². The largest absolute Gasteiger partial charge is 0.388 e. The summed E-state index contributed by atoms with van der Waals surface area (Å²) in [4.78, 5) is 12.1. The van der Waals surface area contributed by atoms with Crippen LogP contribution in [0, 0.1) is 29.1 Å². The Hall–Kier alpha value is -2.31. The fraction of sp³-hybridized carbons (Fsp3) is 0.536. The highest BCUT2D eigenvalue weighted by atomic mass is 16.3. The molecule has 0 aromatic heterocycles. The van der Waals surface area contributed by atoms with Crippen molar-refractivity contribution in [2.75, 3.05) is 12.4 Å². The summed E-state index contributed by atoms with van der Waals surface area (Å²) in [5.74, 6) is 7.74. The normalized spacial score (nSPS) is 36.6. The minimum atomic E-state index is -0.912. The van der Waals surface area contributed by atoms with Gasteiger partial charge >= 0.3 is 0 Å². The van der Waals surface area contributed by atoms with E-state index in [9.17, 15) is 9.90 Å². The van der Waals surface area contributed by atoms with Crippen molar-refractivity contribution in [1.29, 1.82) is 0 Å². The number of carbonyl (C=O) groups is 1. The molecule has 3 nitrogen and oxygen atoms in total. The summed E-state index contributed by atoms with van der Waals surface area (Å²) in [6.07, 6.45) is 8.22. The third kappa shape index (κ3) is 3.03. The number of hydrogen-bond donors (Lipinski definition) is 2. The van der Waals surface area contributed by atoms with E-state index in [1.165, 1.54) is 16.7 Å². The molecule has 0 radical (unpaired) electrons. The maximum atomic E-state index is 12.1. The number of anilines is 1. The van der Waals surface area contributed by atoms with Gasteiger partial charge in [-0.15, -0.1) is 5.92 Å². The molecule has 4 aliphatic rings. The van der Waals surface area contributed by atoms with Crippen molar-refractivity contribution in [2.24, 2.45) is 17.3 Å². The highest BCUT2D eigenvalue weighted by Crippen LogP contribution is 2.66. The molecule has 2 N–H and O–H groups in total. The molecule has 162 valence electrons. The standard InChI is InChI=1S/C28H33NO2/c1-4-14-28(31)15-13-25-23-11-7-19-16-21(30)10-12-22(19)26(23)24(17-27(25,28)2)18-5-8-20(29-3)9-6-18/h5-6,8-9,16,23-25,29,31H,7,10-13,15,17H2,1-3H3/t23-,24?,25?,27?,28?/m0/s1. The first kappa shape index (κ1) is 20.6. The number of rotatable bonds is 2. The van der Waals surface area contributed by atoms with Gasteiger partial charge in [0, 0.05) is 30.5 Å². The van der Waals surface area contributed by atoms with E-state index in [4.69, 9.17) is 0 Å². The third-order valence-electron chi connectivity index (χ3n) is 8.82. The number of fused-ring (bicyclic) bond motifs is 4. The molecule has 1 aromatic rings. The second-order valence-electron chi connectivity index (χ2n) is 10.1. The van der Waals surface area contributed by atoms with Crippen LogP contribution < -0.4 is 5.32 Å². The van der Waals surface area contributed by atoms with Gasteiger partial charge in [0.05, 0.1) is 0 Å². The van der Waals surface area contributed by atoms with Gasteiger partial charge in [-0.3, -0.25) is 4.79 Å². The highest BCUT2D eigenvalue weighted by molar-refractivity contribution is 5.93. The quantitative estimate of drug-likeness (QED) is 0.638. The fourth-order valence-corrected chi connectivity index (χ4v) is 7.26. The summed E-state index contributed by atoms with van der Waals surface area (Å²) >= 11 is 0. The molecule has 3 heteroatoms. The third-order valence-corrected chi connectivity index (χ3v) is 8.82. The molecule has 0 aliphatic heterocycles. The van der Waals surface area contributed by atoms with E-state index in [0.717, 1.165) is 44.2 Å². The van der Waals surface area contributed by atoms with Crippen molar-refractivity contribution in [3.8, 4) is 11.8 Å². The number of hydrogen-bond acceptors (Lipinski definition) is 3. The Morgan fingerprint density at radius 3 is 2.61 bits per heavy atom. The zero-order chi connectivity index (χ0) is 21.8. The summed E-state index contributed by atoms with van der Waals surface area (Å²) in [7, 11) is 1.95. The Morgan fingerprint density at radius 1 is 1.13 bits per heavy atom. The van der Waals surface area contributed by atoms with E-state index in [1.807, 2.05) is 20.0 Å². The highest BCUT2D eigenvalue weighted by Gasteiger charge is 2.62. The number of carbonyl (C=O) groups excluding carboxylic acids is 1. The molecule has 5 rings (SSSR count). The Labute approximate surface area is 186 Å². The lowest BCUT2D eigenvalue weighted by Crippen LogP contribution is -2.51. The van der Waals surface area contributed by atoms with Gasteiger partial charge < -0.3 is 10.4 Å². The van der Waals surface area contributed by atoms with Crippen LogP contribution in [0.15, 0.2) is 47.1 Å². The maximum Gasteiger partial charge on any atom is 0.156 e. The van der Waals surface area contributed by atoms with Crippen LogP contribution in [0.25, 0.3) is 0 Å². The number of nitrogens with one attached hydrogen (secondary N) is 1. The van der Waals surface area contributed by atoms with E-state index in [1.54, 1.807) is 5.57 Å². The average Bonchev–Trinajstić information content (AvgIpc) is 3.03. The lowest BCUT2D eigenvalue weighted by Gasteiger charge is -2.53. The van der Waals surface area contributed by atoms with Crippen LogP contribution in [0.4, 0.5) is 5.69 Å². The number of allylic oxidation sites excluding steroid dienone is 4. The molecule has 0 bridgehead atoms. The molecule has 2 fully saturated rings. The average molecular weight is 416 g/mol. The predicted molar refractivity (Wildman–Crippen MR) is 125 cm³/mol. The van der Waals surface area contributed by atoms with Gasteiger partial charge in [-0.05, 0) is 92.2 Å². The van der Waals surface area contributed by atoms with Gasteiger partial charge in [0.2, 0.25) is 0 Å². The predicted octanol–water partition coefficient (Wildman–Crippen LogP) is 5.38. The van der Waals surface area contributed by atoms with E-state index in [2.05, 4.69) is 48.3 Å². The van der Waals surface area contributed by atoms with Gasteiger partial charge in [0.15, 0.2) is 5.78 Å². The Bertz CT molecular complexity index is 1040. The monoisotopic (exact) mass is 415 g/mol. The van der Waals surface area contributed by atoms with Crippen LogP contribution in [-0.2, 0) is 4.79 Å². The molecule has 31 heavy (non-hydrogen) atoms. The lowest BCUT2D eigenvalue weighted by molar-refractivity contribution is -0.114. The topological polar surface area (TPSA) is 49.3 Å². The number of ketones is 1. The summed E-state index contributed by atoms with van der Waals surface area (Å²) in [5.41, 5.74) is 5.61. The van der Waals surface area contributed by atoms with Crippen LogP contribution in [0.3, 0.4) is 0 Å². The molecular formula is C28H33NO2. The summed E-state index contributed by atoms with van der Waals surface area (Å²) in [6, 6.07) is 8.80. The van der Waals surface area contributed by atoms with Gasteiger partial charge in [-0.2, -0.15) is 0 Å². The van der Waals surface area contributed by atoms with E-state index >= 15 is 0 Å². The number of aliphatic hydroxyl groups is 1. The minimum Gasteiger partial charge on any atom is -0.388 e. The first-order valence-corrected chi connectivity index (χ1v) is 11.8. The zero-order valence-corrected chi connectivity index (χ0v) is 18.9. The summed E-state index contributed by atoms with van der Waals surface area (Å²) in [5, 5.41) is 14.9. The minimum absolute atomic E-state index is 0.219. The van der Waals surface area contributed by atoms with E-state index < -0.39 is 5.60 Å². The van der Waals surface area contributed by atoms with Crippen LogP contribution in [0.1, 0.15) is 70.3 Å². The van der Waals surface area contributed by atoms with Crippen molar-refractivity contribution in [1.82, 2.24) is 0 Å². The summed E-state index contributed by atoms with van der Waals surface area (Å²) in [6.45, 7) is 4.14. The van der Waals surface area contributed by atoms with Gasteiger partial charge in [0.25, 0.3) is 0 Å². The van der Waals surface area contributed by atoms with E-state index in [-0.39, 0.29) is 17.1 Å². The molecule has 2 saturated carbocycles. The van der Waals surface area contributed by atoms with Gasteiger partial charge in [0.1, 0.15) is 5.60 Å². The van der Waals surface area contributed by atoms with Gasteiger partial charge in [-0.25, -0.2) is 0 Å². The van der Waals surface area contributed by atoms with Crippen molar-refractivity contribution in [3.05, 3.63) is 52.6 Å². The smallest absolute Gasteiger partial charge is 0.156 e. The molecular weight excluding hydrogens is 382 g/mol. The number of benzene rings is 1. The lowest BCUT2D eigenvalue weighted by atomic mass is 9.51.